The third-order valence-electron chi connectivity index (χ3n) is 4.53. The maximum absolute atomic E-state index is 12.6. The number of rotatable bonds is 8. The normalized spacial score (nSPS) is 12.8. The summed E-state index contributed by atoms with van der Waals surface area (Å²) < 4.78 is 31.0. The standard InChI is InChI=1S/C20H27N3O4S/c1-22(2)19(15-8-6-10-17(12-15)27-5)14-21-20(24)16-9-7-11-18(13-16)28(25,26)23(3)4/h6-13,19H,14H2,1-5H3,(H,21,24)/p+1/t19-/m0/s1. The summed E-state index contributed by atoms with van der Waals surface area (Å²) in [5, 5.41) is 2.92. The van der Waals surface area contributed by atoms with Gasteiger partial charge in [-0.05, 0) is 30.3 Å². The maximum Gasteiger partial charge on any atom is 0.251 e. The van der Waals surface area contributed by atoms with Gasteiger partial charge in [0.2, 0.25) is 10.0 Å². The molecule has 0 fully saturated rings. The van der Waals surface area contributed by atoms with Crippen LogP contribution in [0.1, 0.15) is 22.0 Å². The van der Waals surface area contributed by atoms with Gasteiger partial charge in [0, 0.05) is 25.2 Å². The molecule has 2 N–H and O–H groups in total. The molecule has 1 atom stereocenters. The van der Waals surface area contributed by atoms with E-state index in [0.717, 1.165) is 20.5 Å². The van der Waals surface area contributed by atoms with Crippen LogP contribution in [0.25, 0.3) is 0 Å². The summed E-state index contributed by atoms with van der Waals surface area (Å²) in [6, 6.07) is 13.8. The lowest BCUT2D eigenvalue weighted by Crippen LogP contribution is -3.07. The van der Waals surface area contributed by atoms with Crippen molar-refractivity contribution in [2.24, 2.45) is 0 Å². The molecule has 0 bridgehead atoms. The SMILES string of the molecule is COc1cccc([C@H](CNC(=O)c2cccc(S(=O)(=O)N(C)C)c2)[NH+](C)C)c1. The second kappa shape index (κ2) is 9.18. The number of sulfonamides is 1. The zero-order chi connectivity index (χ0) is 20.9. The van der Waals surface area contributed by atoms with Crippen molar-refractivity contribution in [3.05, 3.63) is 59.7 Å². The lowest BCUT2D eigenvalue weighted by Gasteiger charge is -2.22. The topological polar surface area (TPSA) is 80.1 Å². The molecule has 0 unspecified atom stereocenters. The quantitative estimate of drug-likeness (QED) is 0.671. The number of amides is 1. The molecule has 0 aromatic heterocycles. The molecule has 1 amide bonds. The molecule has 0 radical (unpaired) electrons. The minimum Gasteiger partial charge on any atom is -0.497 e. The van der Waals surface area contributed by atoms with Crippen molar-refractivity contribution in [3.63, 3.8) is 0 Å². The summed E-state index contributed by atoms with van der Waals surface area (Å²) >= 11 is 0. The van der Waals surface area contributed by atoms with Crippen LogP contribution in [0.4, 0.5) is 0 Å². The van der Waals surface area contributed by atoms with Gasteiger partial charge in [-0.2, -0.15) is 0 Å². The van der Waals surface area contributed by atoms with E-state index in [2.05, 4.69) is 5.32 Å². The van der Waals surface area contributed by atoms with E-state index in [1.807, 2.05) is 38.4 Å². The molecule has 7 nitrogen and oxygen atoms in total. The van der Waals surface area contributed by atoms with Crippen LogP contribution >= 0.6 is 0 Å². The third-order valence-corrected chi connectivity index (χ3v) is 6.35. The van der Waals surface area contributed by atoms with Crippen LogP contribution in [0.5, 0.6) is 5.75 Å². The number of quaternary nitrogens is 1. The Morgan fingerprint density at radius 2 is 1.82 bits per heavy atom. The Morgan fingerprint density at radius 1 is 1.14 bits per heavy atom. The van der Waals surface area contributed by atoms with Crippen molar-refractivity contribution < 1.29 is 22.8 Å². The van der Waals surface area contributed by atoms with E-state index >= 15 is 0 Å². The fraction of sp³-hybridized carbons (Fsp3) is 0.350. The average Bonchev–Trinajstić information content (AvgIpc) is 2.67. The van der Waals surface area contributed by atoms with Gasteiger partial charge >= 0.3 is 0 Å². The van der Waals surface area contributed by atoms with Crippen molar-refractivity contribution in [1.82, 2.24) is 9.62 Å². The number of carbonyl (C=O) groups is 1. The molecule has 0 saturated carbocycles. The zero-order valence-corrected chi connectivity index (χ0v) is 17.7. The smallest absolute Gasteiger partial charge is 0.251 e. The lowest BCUT2D eigenvalue weighted by atomic mass is 10.1. The van der Waals surface area contributed by atoms with Crippen molar-refractivity contribution in [2.45, 2.75) is 10.9 Å². The van der Waals surface area contributed by atoms with Gasteiger partial charge in [-0.3, -0.25) is 4.79 Å². The van der Waals surface area contributed by atoms with E-state index in [-0.39, 0.29) is 16.8 Å². The highest BCUT2D eigenvalue weighted by Gasteiger charge is 2.21. The summed E-state index contributed by atoms with van der Waals surface area (Å²) in [6.45, 7) is 0.402. The zero-order valence-electron chi connectivity index (χ0n) is 16.9. The van der Waals surface area contributed by atoms with Crippen LogP contribution in [0.3, 0.4) is 0 Å². The molecule has 152 valence electrons. The number of methoxy groups -OCH3 is 1. The molecule has 2 aromatic carbocycles. The van der Waals surface area contributed by atoms with Crippen LogP contribution in [0.2, 0.25) is 0 Å². The molecule has 8 heteroatoms. The van der Waals surface area contributed by atoms with Crippen LogP contribution in [-0.4, -0.2) is 60.5 Å². The Morgan fingerprint density at radius 3 is 2.43 bits per heavy atom. The lowest BCUT2D eigenvalue weighted by molar-refractivity contribution is -0.890. The van der Waals surface area contributed by atoms with E-state index in [1.165, 1.54) is 26.2 Å². The van der Waals surface area contributed by atoms with E-state index in [9.17, 15) is 13.2 Å². The number of nitrogens with zero attached hydrogens (tertiary/aromatic N) is 1. The number of benzene rings is 2. The van der Waals surface area contributed by atoms with Gasteiger partial charge in [0.05, 0.1) is 32.6 Å². The van der Waals surface area contributed by atoms with Crippen molar-refractivity contribution >= 4 is 15.9 Å². The van der Waals surface area contributed by atoms with E-state index in [4.69, 9.17) is 4.74 Å². The fourth-order valence-corrected chi connectivity index (χ4v) is 3.77. The van der Waals surface area contributed by atoms with Crippen LogP contribution in [0, 0.1) is 0 Å². The molecule has 0 aliphatic heterocycles. The number of likely N-dealkylation sites (N-methyl/N-ethyl adjacent to an activating group) is 1. The Balaban J connectivity index is 2.17. The Hall–Kier alpha value is -2.42. The molecule has 2 rings (SSSR count). The third kappa shape index (κ3) is 5.09. The van der Waals surface area contributed by atoms with E-state index < -0.39 is 10.0 Å². The average molecular weight is 407 g/mol. The van der Waals surface area contributed by atoms with E-state index in [1.54, 1.807) is 19.2 Å². The molecule has 2 aromatic rings. The first-order valence-corrected chi connectivity index (χ1v) is 10.4. The molecular weight excluding hydrogens is 378 g/mol. The number of carbonyl (C=O) groups excluding carboxylic acids is 1. The minimum atomic E-state index is -3.59. The first kappa shape index (κ1) is 21.9. The number of nitrogens with one attached hydrogen (secondary N) is 2. The summed E-state index contributed by atoms with van der Waals surface area (Å²) in [5.41, 5.74) is 1.35. The monoisotopic (exact) mass is 406 g/mol. The Labute approximate surface area is 167 Å². The van der Waals surface area contributed by atoms with Gasteiger partial charge in [-0.25, -0.2) is 12.7 Å². The summed E-state index contributed by atoms with van der Waals surface area (Å²) in [4.78, 5) is 13.9. The van der Waals surface area contributed by atoms with Gasteiger partial charge in [0.1, 0.15) is 11.8 Å². The van der Waals surface area contributed by atoms with Crippen molar-refractivity contribution in [3.8, 4) is 5.75 Å². The van der Waals surface area contributed by atoms with Gasteiger partial charge in [-0.15, -0.1) is 0 Å². The van der Waals surface area contributed by atoms with Crippen LogP contribution < -0.4 is 15.0 Å². The first-order valence-electron chi connectivity index (χ1n) is 8.91. The molecule has 0 aliphatic carbocycles. The number of hydrogen-bond donors (Lipinski definition) is 2. The number of hydrogen-bond acceptors (Lipinski definition) is 4. The highest BCUT2D eigenvalue weighted by Crippen LogP contribution is 2.18. The van der Waals surface area contributed by atoms with Gasteiger partial charge in [-0.1, -0.05) is 18.2 Å². The van der Waals surface area contributed by atoms with Crippen LogP contribution in [-0.2, 0) is 10.0 Å². The molecule has 0 heterocycles. The predicted octanol–water partition coefficient (Wildman–Crippen LogP) is 0.561. The highest BCUT2D eigenvalue weighted by molar-refractivity contribution is 7.89. The summed E-state index contributed by atoms with van der Waals surface area (Å²) in [7, 11) is 4.97. The molecule has 0 spiro atoms. The largest absolute Gasteiger partial charge is 0.497 e. The summed E-state index contributed by atoms with van der Waals surface area (Å²) in [5.74, 6) is 0.446. The Kier molecular flexibility index (Phi) is 7.17. The van der Waals surface area contributed by atoms with Crippen LogP contribution in [0.15, 0.2) is 53.4 Å². The van der Waals surface area contributed by atoms with Crippen molar-refractivity contribution in [2.75, 3.05) is 41.8 Å². The Bertz CT molecular complexity index is 927. The fourth-order valence-electron chi connectivity index (χ4n) is 2.82. The number of ether oxygens (including phenoxy) is 1. The minimum absolute atomic E-state index is 0.0211. The first-order chi connectivity index (χ1) is 13.2. The van der Waals surface area contributed by atoms with Gasteiger partial charge in [0.25, 0.3) is 5.91 Å². The van der Waals surface area contributed by atoms with E-state index in [0.29, 0.717) is 12.1 Å². The molecule has 0 aliphatic rings. The highest BCUT2D eigenvalue weighted by atomic mass is 32.2. The molecule has 0 saturated heterocycles. The molecule has 28 heavy (non-hydrogen) atoms. The predicted molar refractivity (Wildman–Crippen MR) is 108 cm³/mol. The van der Waals surface area contributed by atoms with Gasteiger partial charge in [0.15, 0.2) is 0 Å². The second-order valence-electron chi connectivity index (χ2n) is 6.93. The second-order valence-corrected chi connectivity index (χ2v) is 9.08. The van der Waals surface area contributed by atoms with Crippen molar-refractivity contribution in [1.29, 1.82) is 0 Å². The van der Waals surface area contributed by atoms with Gasteiger partial charge < -0.3 is 15.0 Å². The molecular formula is C20H28N3O4S+. The summed E-state index contributed by atoms with van der Waals surface area (Å²) in [6.07, 6.45) is 0. The maximum atomic E-state index is 12.6.